The van der Waals surface area contributed by atoms with Gasteiger partial charge in [-0.2, -0.15) is 0 Å². The van der Waals surface area contributed by atoms with Crippen LogP contribution in [-0.2, 0) is 10.0 Å². The van der Waals surface area contributed by atoms with Gasteiger partial charge < -0.3 is 5.32 Å². The second kappa shape index (κ2) is 9.18. The number of carbonyl (C=O) groups is 1. The minimum atomic E-state index is -3.59. The average molecular weight is 353 g/mol. The highest BCUT2D eigenvalue weighted by Crippen LogP contribution is 2.20. The number of unbranched alkanes of at least 4 members (excludes halogenated alkanes) is 1. The van der Waals surface area contributed by atoms with Gasteiger partial charge in [-0.15, -0.1) is 0 Å². The molecule has 1 aliphatic carbocycles. The zero-order chi connectivity index (χ0) is 17.4. The third-order valence-corrected chi connectivity index (χ3v) is 5.92. The molecule has 6 heteroatoms. The molecule has 0 spiro atoms. The monoisotopic (exact) mass is 352 g/mol. The Morgan fingerprint density at radius 1 is 1.17 bits per heavy atom. The average Bonchev–Trinajstić information content (AvgIpc) is 2.83. The zero-order valence-electron chi connectivity index (χ0n) is 14.4. The number of carbonyl (C=O) groups excluding carboxylic acids is 1. The SMILES string of the molecule is CCCCNC(=O)c1cccc(S(=O)(=O)NC2CCCCCC2)c1. The van der Waals surface area contributed by atoms with Crippen molar-refractivity contribution in [3.05, 3.63) is 29.8 Å². The maximum absolute atomic E-state index is 12.6. The number of hydrogen-bond acceptors (Lipinski definition) is 3. The van der Waals surface area contributed by atoms with Gasteiger partial charge in [0.1, 0.15) is 0 Å². The lowest BCUT2D eigenvalue weighted by Gasteiger charge is -2.16. The summed E-state index contributed by atoms with van der Waals surface area (Å²) in [6, 6.07) is 6.27. The molecule has 134 valence electrons. The van der Waals surface area contributed by atoms with Crippen molar-refractivity contribution in [1.82, 2.24) is 10.0 Å². The molecule has 2 N–H and O–H groups in total. The molecule has 24 heavy (non-hydrogen) atoms. The molecule has 0 heterocycles. The Hall–Kier alpha value is -1.40. The Kier molecular flexibility index (Phi) is 7.24. The molecule has 5 nitrogen and oxygen atoms in total. The van der Waals surface area contributed by atoms with Crippen LogP contribution < -0.4 is 10.0 Å². The Morgan fingerprint density at radius 3 is 2.54 bits per heavy atom. The van der Waals surface area contributed by atoms with Crippen molar-refractivity contribution >= 4 is 15.9 Å². The summed E-state index contributed by atoms with van der Waals surface area (Å²) >= 11 is 0. The Bertz CT molecular complexity index is 635. The van der Waals surface area contributed by atoms with Crippen molar-refractivity contribution in [2.45, 2.75) is 69.2 Å². The van der Waals surface area contributed by atoms with E-state index in [0.29, 0.717) is 12.1 Å². The van der Waals surface area contributed by atoms with E-state index in [1.165, 1.54) is 18.9 Å². The van der Waals surface area contributed by atoms with Gasteiger partial charge in [-0.1, -0.05) is 45.1 Å². The van der Waals surface area contributed by atoms with E-state index in [4.69, 9.17) is 0 Å². The fourth-order valence-corrected chi connectivity index (χ4v) is 4.32. The van der Waals surface area contributed by atoms with E-state index in [9.17, 15) is 13.2 Å². The highest BCUT2D eigenvalue weighted by molar-refractivity contribution is 7.89. The lowest BCUT2D eigenvalue weighted by atomic mass is 10.1. The minimum Gasteiger partial charge on any atom is -0.352 e. The van der Waals surface area contributed by atoms with Gasteiger partial charge in [0, 0.05) is 18.2 Å². The summed E-state index contributed by atoms with van der Waals surface area (Å²) < 4.78 is 28.0. The van der Waals surface area contributed by atoms with Gasteiger partial charge in [-0.25, -0.2) is 13.1 Å². The van der Waals surface area contributed by atoms with Gasteiger partial charge in [-0.05, 0) is 37.5 Å². The van der Waals surface area contributed by atoms with Crippen LogP contribution in [0.4, 0.5) is 0 Å². The summed E-state index contributed by atoms with van der Waals surface area (Å²) in [5.74, 6) is -0.227. The number of sulfonamides is 1. The third-order valence-electron chi connectivity index (χ3n) is 4.40. The van der Waals surface area contributed by atoms with Gasteiger partial charge in [-0.3, -0.25) is 4.79 Å². The lowest BCUT2D eigenvalue weighted by molar-refractivity contribution is 0.0953. The van der Waals surface area contributed by atoms with Crippen LogP contribution in [0.2, 0.25) is 0 Å². The summed E-state index contributed by atoms with van der Waals surface area (Å²) in [4.78, 5) is 12.3. The van der Waals surface area contributed by atoms with Crippen LogP contribution in [0.1, 0.15) is 68.6 Å². The first-order valence-electron chi connectivity index (χ1n) is 8.93. The first-order chi connectivity index (χ1) is 11.5. The largest absolute Gasteiger partial charge is 0.352 e. The smallest absolute Gasteiger partial charge is 0.251 e. The van der Waals surface area contributed by atoms with E-state index in [1.54, 1.807) is 18.2 Å². The zero-order valence-corrected chi connectivity index (χ0v) is 15.2. The Balaban J connectivity index is 2.06. The Labute approximate surface area is 145 Å². The van der Waals surface area contributed by atoms with E-state index in [1.807, 2.05) is 0 Å². The highest BCUT2D eigenvalue weighted by atomic mass is 32.2. The van der Waals surface area contributed by atoms with Crippen molar-refractivity contribution in [2.24, 2.45) is 0 Å². The molecule has 0 unspecified atom stereocenters. The van der Waals surface area contributed by atoms with Crippen LogP contribution >= 0.6 is 0 Å². The van der Waals surface area contributed by atoms with Crippen LogP contribution in [0.3, 0.4) is 0 Å². The van der Waals surface area contributed by atoms with E-state index in [0.717, 1.165) is 38.5 Å². The molecule has 0 aliphatic heterocycles. The first-order valence-corrected chi connectivity index (χ1v) is 10.4. The Morgan fingerprint density at radius 2 is 1.88 bits per heavy atom. The second-order valence-electron chi connectivity index (χ2n) is 6.45. The predicted molar refractivity (Wildman–Crippen MR) is 95.5 cm³/mol. The predicted octanol–water partition coefficient (Wildman–Crippen LogP) is 3.22. The maximum atomic E-state index is 12.6. The number of hydrogen-bond donors (Lipinski definition) is 2. The molecule has 1 amide bonds. The van der Waals surface area contributed by atoms with E-state index in [-0.39, 0.29) is 16.8 Å². The summed E-state index contributed by atoms with van der Waals surface area (Å²) in [6.07, 6.45) is 8.15. The number of benzene rings is 1. The topological polar surface area (TPSA) is 75.3 Å². The normalized spacial score (nSPS) is 16.5. The van der Waals surface area contributed by atoms with Crippen LogP contribution in [-0.4, -0.2) is 26.9 Å². The molecule has 1 aromatic carbocycles. The van der Waals surface area contributed by atoms with E-state index < -0.39 is 10.0 Å². The first kappa shape index (κ1) is 18.9. The quantitative estimate of drug-likeness (QED) is 0.584. The molecule has 1 saturated carbocycles. The van der Waals surface area contributed by atoms with Crippen molar-refractivity contribution in [2.75, 3.05) is 6.54 Å². The fraction of sp³-hybridized carbons (Fsp3) is 0.611. The highest BCUT2D eigenvalue weighted by Gasteiger charge is 2.22. The molecule has 0 atom stereocenters. The van der Waals surface area contributed by atoms with Crippen LogP contribution in [0.5, 0.6) is 0 Å². The number of rotatable bonds is 7. The van der Waals surface area contributed by atoms with Crippen LogP contribution in [0.25, 0.3) is 0 Å². The summed E-state index contributed by atoms with van der Waals surface area (Å²) in [5.41, 5.74) is 0.384. The molecule has 0 saturated heterocycles. The molecular formula is C18H28N2O3S. The summed E-state index contributed by atoms with van der Waals surface area (Å²) in [5, 5.41) is 2.81. The molecule has 0 radical (unpaired) electrons. The van der Waals surface area contributed by atoms with Gasteiger partial charge in [0.25, 0.3) is 5.91 Å². The lowest BCUT2D eigenvalue weighted by Crippen LogP contribution is -2.34. The summed E-state index contributed by atoms with van der Waals surface area (Å²) in [6.45, 7) is 2.66. The van der Waals surface area contributed by atoms with Gasteiger partial charge in [0.2, 0.25) is 10.0 Å². The molecule has 1 aliphatic rings. The van der Waals surface area contributed by atoms with E-state index >= 15 is 0 Å². The van der Waals surface area contributed by atoms with Gasteiger partial charge in [0.05, 0.1) is 4.90 Å². The molecule has 0 aromatic heterocycles. The number of nitrogens with one attached hydrogen (secondary N) is 2. The van der Waals surface area contributed by atoms with Gasteiger partial charge in [0.15, 0.2) is 0 Å². The van der Waals surface area contributed by atoms with Crippen molar-refractivity contribution < 1.29 is 13.2 Å². The molecule has 0 bridgehead atoms. The minimum absolute atomic E-state index is 0.000429. The van der Waals surface area contributed by atoms with Crippen molar-refractivity contribution in [3.8, 4) is 0 Å². The molecule has 1 aromatic rings. The van der Waals surface area contributed by atoms with Crippen LogP contribution in [0, 0.1) is 0 Å². The molecule has 2 rings (SSSR count). The molecular weight excluding hydrogens is 324 g/mol. The molecule has 1 fully saturated rings. The van der Waals surface area contributed by atoms with Crippen LogP contribution in [0.15, 0.2) is 29.2 Å². The number of amides is 1. The van der Waals surface area contributed by atoms with Crippen molar-refractivity contribution in [1.29, 1.82) is 0 Å². The standard InChI is InChI=1S/C18H28N2O3S/c1-2-3-13-19-18(21)15-9-8-12-17(14-15)24(22,23)20-16-10-6-4-5-7-11-16/h8-9,12,14,16,20H,2-7,10-11,13H2,1H3,(H,19,21). The van der Waals surface area contributed by atoms with E-state index in [2.05, 4.69) is 17.0 Å². The second-order valence-corrected chi connectivity index (χ2v) is 8.16. The maximum Gasteiger partial charge on any atom is 0.251 e. The fourth-order valence-electron chi connectivity index (χ4n) is 2.97. The van der Waals surface area contributed by atoms with Crippen molar-refractivity contribution in [3.63, 3.8) is 0 Å². The third kappa shape index (κ3) is 5.60. The van der Waals surface area contributed by atoms with Gasteiger partial charge >= 0.3 is 0 Å². The summed E-state index contributed by atoms with van der Waals surface area (Å²) in [7, 11) is -3.59.